The molecule has 0 aromatic heterocycles. The van der Waals surface area contributed by atoms with Gasteiger partial charge in [0, 0.05) is 12.1 Å². The molecular formula is C19H24ClN. The van der Waals surface area contributed by atoms with Crippen LogP contribution in [0.1, 0.15) is 36.8 Å². The number of nitrogens with one attached hydrogen (secondary N) is 1. The zero-order valence-corrected chi connectivity index (χ0v) is 13.4. The Balaban J connectivity index is 0.00000161. The van der Waals surface area contributed by atoms with Crippen molar-refractivity contribution in [2.24, 2.45) is 0 Å². The van der Waals surface area contributed by atoms with E-state index in [4.69, 9.17) is 0 Å². The Morgan fingerprint density at radius 3 is 2.24 bits per heavy atom. The molecule has 1 aliphatic rings. The van der Waals surface area contributed by atoms with Gasteiger partial charge in [0.2, 0.25) is 0 Å². The van der Waals surface area contributed by atoms with Crippen LogP contribution in [0.3, 0.4) is 0 Å². The van der Waals surface area contributed by atoms with Gasteiger partial charge in [0.1, 0.15) is 0 Å². The van der Waals surface area contributed by atoms with Gasteiger partial charge >= 0.3 is 0 Å². The summed E-state index contributed by atoms with van der Waals surface area (Å²) in [4.78, 5) is 0. The number of hydrogen-bond donors (Lipinski definition) is 1. The average molecular weight is 302 g/mol. The molecule has 1 fully saturated rings. The van der Waals surface area contributed by atoms with E-state index in [1.165, 1.54) is 24.0 Å². The molecule has 112 valence electrons. The quantitative estimate of drug-likeness (QED) is 0.872. The van der Waals surface area contributed by atoms with Gasteiger partial charge in [-0.2, -0.15) is 0 Å². The highest BCUT2D eigenvalue weighted by molar-refractivity contribution is 5.85. The fraction of sp³-hybridized carbons (Fsp3) is 0.368. The van der Waals surface area contributed by atoms with Crippen LogP contribution in [0.5, 0.6) is 0 Å². The molecule has 3 rings (SSSR count). The zero-order chi connectivity index (χ0) is 13.8. The van der Waals surface area contributed by atoms with Gasteiger partial charge in [0.05, 0.1) is 0 Å². The van der Waals surface area contributed by atoms with Crippen molar-refractivity contribution in [3.63, 3.8) is 0 Å². The second kappa shape index (κ2) is 7.63. The van der Waals surface area contributed by atoms with E-state index >= 15 is 0 Å². The summed E-state index contributed by atoms with van der Waals surface area (Å²) in [6.45, 7) is 2.35. The molecule has 0 aliphatic carbocycles. The molecule has 2 aromatic rings. The number of hydrogen-bond acceptors (Lipinski definition) is 1. The molecule has 1 unspecified atom stereocenters. The van der Waals surface area contributed by atoms with Crippen LogP contribution < -0.4 is 5.32 Å². The fourth-order valence-electron chi connectivity index (χ4n) is 3.29. The van der Waals surface area contributed by atoms with E-state index in [1.54, 1.807) is 0 Å². The van der Waals surface area contributed by atoms with Crippen molar-refractivity contribution in [1.29, 1.82) is 0 Å². The summed E-state index contributed by atoms with van der Waals surface area (Å²) in [6.07, 6.45) is 3.73. The summed E-state index contributed by atoms with van der Waals surface area (Å²) in [5.74, 6) is 0.594. The molecule has 2 heteroatoms. The summed E-state index contributed by atoms with van der Waals surface area (Å²) >= 11 is 0. The molecule has 1 heterocycles. The topological polar surface area (TPSA) is 12.0 Å². The van der Waals surface area contributed by atoms with Crippen molar-refractivity contribution in [2.75, 3.05) is 0 Å². The van der Waals surface area contributed by atoms with E-state index in [1.807, 2.05) is 0 Å². The van der Waals surface area contributed by atoms with Crippen molar-refractivity contribution >= 4 is 12.4 Å². The second-order valence-corrected chi connectivity index (χ2v) is 5.94. The van der Waals surface area contributed by atoms with Gasteiger partial charge in [0.25, 0.3) is 0 Å². The first-order valence-electron chi connectivity index (χ1n) is 7.68. The maximum Gasteiger partial charge on any atom is 0.0136 e. The molecule has 1 aliphatic heterocycles. The third kappa shape index (κ3) is 4.09. The molecule has 0 amide bonds. The molecule has 1 nitrogen and oxygen atoms in total. The molecule has 1 N–H and O–H groups in total. The average Bonchev–Trinajstić information content (AvgIpc) is 2.97. The van der Waals surface area contributed by atoms with Crippen LogP contribution in [-0.2, 0) is 6.42 Å². The number of rotatable bonds is 4. The van der Waals surface area contributed by atoms with Crippen LogP contribution in [0.2, 0.25) is 0 Å². The summed E-state index contributed by atoms with van der Waals surface area (Å²) in [5.41, 5.74) is 2.89. The van der Waals surface area contributed by atoms with E-state index in [-0.39, 0.29) is 12.4 Å². The Labute approximate surface area is 134 Å². The third-order valence-electron chi connectivity index (χ3n) is 4.53. The van der Waals surface area contributed by atoms with Crippen LogP contribution in [-0.4, -0.2) is 12.1 Å². The van der Waals surface area contributed by atoms with E-state index in [2.05, 4.69) is 72.9 Å². The Kier molecular flexibility index (Phi) is 5.84. The highest BCUT2D eigenvalue weighted by atomic mass is 35.5. The number of halogens is 1. The SMILES string of the molecule is CC(c1ccccc1)[C@@H]1CC[C@@H](Cc2ccccc2)N1.Cl. The van der Waals surface area contributed by atoms with Crippen LogP contribution >= 0.6 is 12.4 Å². The van der Waals surface area contributed by atoms with Crippen molar-refractivity contribution < 1.29 is 0 Å². The lowest BCUT2D eigenvalue weighted by Crippen LogP contribution is -2.34. The van der Waals surface area contributed by atoms with Crippen LogP contribution in [0.25, 0.3) is 0 Å². The first-order chi connectivity index (χ1) is 9.83. The van der Waals surface area contributed by atoms with E-state index in [9.17, 15) is 0 Å². The van der Waals surface area contributed by atoms with Crippen LogP contribution in [0.15, 0.2) is 60.7 Å². The summed E-state index contributed by atoms with van der Waals surface area (Å²) in [6, 6.07) is 22.9. The first-order valence-corrected chi connectivity index (χ1v) is 7.68. The van der Waals surface area contributed by atoms with Crippen molar-refractivity contribution in [3.8, 4) is 0 Å². The Bertz CT molecular complexity index is 526. The molecule has 0 bridgehead atoms. The van der Waals surface area contributed by atoms with E-state index in [0.717, 1.165) is 6.42 Å². The maximum absolute atomic E-state index is 3.84. The van der Waals surface area contributed by atoms with Crippen LogP contribution in [0.4, 0.5) is 0 Å². The predicted octanol–water partition coefficient (Wildman–Crippen LogP) is 4.58. The summed E-state index contributed by atoms with van der Waals surface area (Å²) in [5, 5.41) is 3.84. The van der Waals surface area contributed by atoms with Gasteiger partial charge in [0.15, 0.2) is 0 Å². The van der Waals surface area contributed by atoms with Gasteiger partial charge in [-0.3, -0.25) is 0 Å². The van der Waals surface area contributed by atoms with Crippen molar-refractivity contribution in [3.05, 3.63) is 71.8 Å². The largest absolute Gasteiger partial charge is 0.310 e. The van der Waals surface area contributed by atoms with Crippen LogP contribution in [0, 0.1) is 0 Å². The van der Waals surface area contributed by atoms with Crippen molar-refractivity contribution in [2.45, 2.75) is 44.2 Å². The van der Waals surface area contributed by atoms with Gasteiger partial charge in [-0.15, -0.1) is 12.4 Å². The minimum Gasteiger partial charge on any atom is -0.310 e. The molecule has 0 radical (unpaired) electrons. The van der Waals surface area contributed by atoms with E-state index in [0.29, 0.717) is 18.0 Å². The number of benzene rings is 2. The van der Waals surface area contributed by atoms with Crippen molar-refractivity contribution in [1.82, 2.24) is 5.32 Å². The molecule has 0 saturated carbocycles. The normalized spacial score (nSPS) is 22.5. The minimum atomic E-state index is 0. The highest BCUT2D eigenvalue weighted by Gasteiger charge is 2.28. The molecule has 1 saturated heterocycles. The molecule has 0 spiro atoms. The molecule has 2 aromatic carbocycles. The minimum absolute atomic E-state index is 0. The van der Waals surface area contributed by atoms with Gasteiger partial charge < -0.3 is 5.32 Å². The summed E-state index contributed by atoms with van der Waals surface area (Å²) in [7, 11) is 0. The van der Waals surface area contributed by atoms with Gasteiger partial charge in [-0.05, 0) is 36.3 Å². The monoisotopic (exact) mass is 301 g/mol. The Morgan fingerprint density at radius 1 is 0.952 bits per heavy atom. The zero-order valence-electron chi connectivity index (χ0n) is 12.5. The predicted molar refractivity (Wildman–Crippen MR) is 92.2 cm³/mol. The third-order valence-corrected chi connectivity index (χ3v) is 4.53. The molecule has 3 atom stereocenters. The van der Waals surface area contributed by atoms with Gasteiger partial charge in [-0.1, -0.05) is 67.6 Å². The summed E-state index contributed by atoms with van der Waals surface area (Å²) < 4.78 is 0. The standard InChI is InChI=1S/C19H23N.ClH/c1-15(17-10-6-3-7-11-17)19-13-12-18(20-19)14-16-8-4-2-5-9-16;/h2-11,15,18-20H,12-14H2,1H3;1H/t15?,18-,19-;/m0./s1. The molecule has 21 heavy (non-hydrogen) atoms. The smallest absolute Gasteiger partial charge is 0.0136 e. The second-order valence-electron chi connectivity index (χ2n) is 5.94. The maximum atomic E-state index is 3.84. The Hall–Kier alpha value is -1.31. The fourth-order valence-corrected chi connectivity index (χ4v) is 3.29. The lowest BCUT2D eigenvalue weighted by molar-refractivity contribution is 0.480. The molecular weight excluding hydrogens is 278 g/mol. The highest BCUT2D eigenvalue weighted by Crippen LogP contribution is 2.28. The lowest BCUT2D eigenvalue weighted by Gasteiger charge is -2.21. The van der Waals surface area contributed by atoms with E-state index < -0.39 is 0 Å². The lowest BCUT2D eigenvalue weighted by atomic mass is 9.92. The first kappa shape index (κ1) is 16.1. The van der Waals surface area contributed by atoms with Gasteiger partial charge in [-0.25, -0.2) is 0 Å². The Morgan fingerprint density at radius 2 is 1.57 bits per heavy atom.